The van der Waals surface area contributed by atoms with Gasteiger partial charge in [-0.25, -0.2) is 9.98 Å². The van der Waals surface area contributed by atoms with Gasteiger partial charge in [-0.2, -0.15) is 0 Å². The van der Waals surface area contributed by atoms with Crippen molar-refractivity contribution in [2.75, 3.05) is 0 Å². The van der Waals surface area contributed by atoms with E-state index in [0.29, 0.717) is 29.5 Å². The van der Waals surface area contributed by atoms with Gasteiger partial charge in [-0.05, 0) is 24.7 Å². The van der Waals surface area contributed by atoms with Gasteiger partial charge in [0.25, 0.3) is 0 Å². The van der Waals surface area contributed by atoms with Gasteiger partial charge in [0.1, 0.15) is 5.84 Å². The smallest absolute Gasteiger partial charge is 0.217 e. The lowest BCUT2D eigenvalue weighted by atomic mass is 9.72. The summed E-state index contributed by atoms with van der Waals surface area (Å²) in [6.07, 6.45) is 2.18. The quantitative estimate of drug-likeness (QED) is 0.596. The molecule has 0 spiro atoms. The Morgan fingerprint density at radius 1 is 1.14 bits per heavy atom. The van der Waals surface area contributed by atoms with E-state index in [1.807, 2.05) is 0 Å². The summed E-state index contributed by atoms with van der Waals surface area (Å²) in [6, 6.07) is 0.277. The Bertz CT molecular complexity index is 294. The normalized spacial score (nSPS) is 42.4. The van der Waals surface area contributed by atoms with Gasteiger partial charge in [0.15, 0.2) is 0 Å². The summed E-state index contributed by atoms with van der Waals surface area (Å²) < 4.78 is 0. The van der Waals surface area contributed by atoms with Crippen molar-refractivity contribution in [1.29, 1.82) is 0 Å². The van der Waals surface area contributed by atoms with E-state index in [-0.39, 0.29) is 6.04 Å². The Morgan fingerprint density at radius 2 is 1.79 bits per heavy atom. The van der Waals surface area contributed by atoms with Crippen LogP contribution in [0, 0.1) is 17.8 Å². The van der Waals surface area contributed by atoms with Crippen LogP contribution in [0.5, 0.6) is 0 Å². The molecule has 2 rings (SSSR count). The SMILES string of the molecule is CC1CC2N=C(N)N=C(N)C2CC1C. The highest BCUT2D eigenvalue weighted by Gasteiger charge is 2.36. The first-order chi connectivity index (χ1) is 6.58. The van der Waals surface area contributed by atoms with Gasteiger partial charge in [-0.1, -0.05) is 13.8 Å². The van der Waals surface area contributed by atoms with Gasteiger partial charge in [0, 0.05) is 5.92 Å². The topological polar surface area (TPSA) is 76.8 Å². The van der Waals surface area contributed by atoms with E-state index < -0.39 is 0 Å². The zero-order valence-corrected chi connectivity index (χ0v) is 8.77. The van der Waals surface area contributed by atoms with Crippen molar-refractivity contribution >= 4 is 11.8 Å². The first-order valence-corrected chi connectivity index (χ1v) is 5.25. The maximum absolute atomic E-state index is 5.88. The fourth-order valence-corrected chi connectivity index (χ4v) is 2.44. The van der Waals surface area contributed by atoms with Crippen LogP contribution in [-0.2, 0) is 0 Å². The lowest BCUT2D eigenvalue weighted by molar-refractivity contribution is 0.217. The molecule has 4 heteroatoms. The van der Waals surface area contributed by atoms with Crippen LogP contribution in [0.15, 0.2) is 9.98 Å². The first kappa shape index (κ1) is 9.49. The predicted molar refractivity (Wildman–Crippen MR) is 58.1 cm³/mol. The molecule has 1 fully saturated rings. The molecule has 1 aliphatic carbocycles. The van der Waals surface area contributed by atoms with Crippen LogP contribution in [0.4, 0.5) is 0 Å². The molecule has 0 amide bonds. The number of amidine groups is 1. The highest BCUT2D eigenvalue weighted by molar-refractivity contribution is 5.98. The number of nitrogens with zero attached hydrogens (tertiary/aromatic N) is 2. The largest absolute Gasteiger partial charge is 0.387 e. The Hall–Kier alpha value is -1.06. The third-order valence-corrected chi connectivity index (χ3v) is 3.60. The van der Waals surface area contributed by atoms with E-state index in [1.165, 1.54) is 0 Å². The van der Waals surface area contributed by atoms with E-state index >= 15 is 0 Å². The minimum absolute atomic E-state index is 0.277. The standard InChI is InChI=1S/C10H18N4/c1-5-3-7-8(4-6(5)2)13-10(12)14-9(7)11/h5-8H,3-4H2,1-2H3,(H4,11,12,13,14). The van der Waals surface area contributed by atoms with Crippen molar-refractivity contribution in [2.45, 2.75) is 32.7 Å². The van der Waals surface area contributed by atoms with E-state index in [9.17, 15) is 0 Å². The summed E-state index contributed by atoms with van der Waals surface area (Å²) in [4.78, 5) is 8.42. The molecule has 1 saturated carbocycles. The van der Waals surface area contributed by atoms with Crippen molar-refractivity contribution in [3.8, 4) is 0 Å². The molecule has 4 atom stereocenters. The van der Waals surface area contributed by atoms with Crippen LogP contribution >= 0.6 is 0 Å². The minimum atomic E-state index is 0.277. The van der Waals surface area contributed by atoms with Gasteiger partial charge in [-0.15, -0.1) is 0 Å². The first-order valence-electron chi connectivity index (χ1n) is 5.25. The molecule has 1 heterocycles. The molecule has 14 heavy (non-hydrogen) atoms. The molecule has 0 aromatic carbocycles. The number of nitrogens with two attached hydrogens (primary N) is 2. The van der Waals surface area contributed by atoms with Gasteiger partial charge in [0.2, 0.25) is 5.96 Å². The lowest BCUT2D eigenvalue weighted by Crippen LogP contribution is -2.44. The molecule has 4 nitrogen and oxygen atoms in total. The Kier molecular flexibility index (Phi) is 2.21. The number of guanidine groups is 1. The molecular formula is C10H18N4. The second-order valence-electron chi connectivity index (χ2n) is 4.62. The lowest BCUT2D eigenvalue weighted by Gasteiger charge is -2.38. The molecule has 0 aromatic heterocycles. The van der Waals surface area contributed by atoms with E-state index in [0.717, 1.165) is 12.8 Å². The second-order valence-corrected chi connectivity index (χ2v) is 4.62. The van der Waals surface area contributed by atoms with Crippen LogP contribution in [0.1, 0.15) is 26.7 Å². The van der Waals surface area contributed by atoms with E-state index in [2.05, 4.69) is 23.8 Å². The molecular weight excluding hydrogens is 176 g/mol. The summed E-state index contributed by atoms with van der Waals surface area (Å²) >= 11 is 0. The zero-order valence-electron chi connectivity index (χ0n) is 8.77. The minimum Gasteiger partial charge on any atom is -0.387 e. The monoisotopic (exact) mass is 194 g/mol. The van der Waals surface area contributed by atoms with Crippen molar-refractivity contribution in [3.63, 3.8) is 0 Å². The molecule has 1 aliphatic heterocycles. The highest BCUT2D eigenvalue weighted by atomic mass is 15.1. The molecule has 0 saturated heterocycles. The second kappa shape index (κ2) is 3.26. The van der Waals surface area contributed by atoms with Gasteiger partial charge < -0.3 is 11.5 Å². The maximum Gasteiger partial charge on any atom is 0.217 e. The molecule has 4 N–H and O–H groups in total. The average molecular weight is 194 g/mol. The zero-order chi connectivity index (χ0) is 10.3. The van der Waals surface area contributed by atoms with Crippen molar-refractivity contribution in [3.05, 3.63) is 0 Å². The van der Waals surface area contributed by atoms with Crippen LogP contribution in [0.3, 0.4) is 0 Å². The van der Waals surface area contributed by atoms with Crippen LogP contribution in [0.25, 0.3) is 0 Å². The van der Waals surface area contributed by atoms with Crippen molar-refractivity contribution in [2.24, 2.45) is 39.2 Å². The summed E-state index contributed by atoms with van der Waals surface area (Å²) in [5, 5.41) is 0. The Balaban J connectivity index is 2.21. The molecule has 2 aliphatic rings. The van der Waals surface area contributed by atoms with Gasteiger partial charge >= 0.3 is 0 Å². The third-order valence-electron chi connectivity index (χ3n) is 3.60. The molecule has 0 bridgehead atoms. The molecule has 4 unspecified atom stereocenters. The van der Waals surface area contributed by atoms with Crippen molar-refractivity contribution in [1.82, 2.24) is 0 Å². The number of rotatable bonds is 0. The van der Waals surface area contributed by atoms with E-state index in [4.69, 9.17) is 11.5 Å². The molecule has 78 valence electrons. The molecule has 0 radical (unpaired) electrons. The highest BCUT2D eigenvalue weighted by Crippen LogP contribution is 2.36. The number of aliphatic imine (C=N–C) groups is 2. The summed E-state index contributed by atoms with van der Waals surface area (Å²) in [6.45, 7) is 4.55. The number of hydrogen-bond acceptors (Lipinski definition) is 4. The Morgan fingerprint density at radius 3 is 2.50 bits per heavy atom. The Labute approximate surface area is 84.5 Å². The van der Waals surface area contributed by atoms with E-state index in [1.54, 1.807) is 0 Å². The van der Waals surface area contributed by atoms with Crippen LogP contribution in [-0.4, -0.2) is 17.8 Å². The average Bonchev–Trinajstić information content (AvgIpc) is 2.08. The fraction of sp³-hybridized carbons (Fsp3) is 0.800. The summed E-state index contributed by atoms with van der Waals surface area (Å²) in [5.41, 5.74) is 11.5. The summed E-state index contributed by atoms with van der Waals surface area (Å²) in [5.74, 6) is 2.78. The maximum atomic E-state index is 5.88. The van der Waals surface area contributed by atoms with Crippen LogP contribution < -0.4 is 11.5 Å². The predicted octanol–water partition coefficient (Wildman–Crippen LogP) is 0.723. The van der Waals surface area contributed by atoms with Crippen molar-refractivity contribution < 1.29 is 0 Å². The van der Waals surface area contributed by atoms with Gasteiger partial charge in [-0.3, -0.25) is 0 Å². The van der Waals surface area contributed by atoms with Crippen LogP contribution in [0.2, 0.25) is 0 Å². The fourth-order valence-electron chi connectivity index (χ4n) is 2.44. The number of hydrogen-bond donors (Lipinski definition) is 2. The number of fused-ring (bicyclic) bond motifs is 1. The van der Waals surface area contributed by atoms with Gasteiger partial charge in [0.05, 0.1) is 6.04 Å². The third kappa shape index (κ3) is 1.49. The molecule has 0 aromatic rings. The summed E-state index contributed by atoms with van der Waals surface area (Å²) in [7, 11) is 0.